The van der Waals surface area contributed by atoms with Crippen molar-refractivity contribution in [1.82, 2.24) is 10.2 Å². The van der Waals surface area contributed by atoms with Crippen molar-refractivity contribution < 1.29 is 27.5 Å². The van der Waals surface area contributed by atoms with E-state index in [9.17, 15) is 18.0 Å². The predicted octanol–water partition coefficient (Wildman–Crippen LogP) is 4.10. The van der Waals surface area contributed by atoms with Crippen LogP contribution in [0.2, 0.25) is 0 Å². The van der Waals surface area contributed by atoms with Crippen molar-refractivity contribution in [3.63, 3.8) is 0 Å². The molecule has 1 unspecified atom stereocenters. The standard InChI is InChI=1S/C27H36BrN3O6S/c1-19(27(33)29-22-11-6-5-7-12-22)30(17-20-9-8-10-21(28)15-20)26(32)18-31(38(4,34)35)24-16-23(36-2)13-14-25(24)37-3/h8-10,13-16,19,22H,5-7,11-12,17-18H2,1-4H3,(H,29,33). The Bertz CT molecular complexity index is 1230. The number of hydrogen-bond donors (Lipinski definition) is 1. The summed E-state index contributed by atoms with van der Waals surface area (Å²) in [5, 5.41) is 3.09. The Balaban J connectivity index is 1.93. The molecule has 1 aliphatic rings. The van der Waals surface area contributed by atoms with Crippen molar-refractivity contribution in [3.8, 4) is 11.5 Å². The minimum Gasteiger partial charge on any atom is -0.497 e. The molecular formula is C27H36BrN3O6S. The zero-order chi connectivity index (χ0) is 27.9. The number of halogens is 1. The quantitative estimate of drug-likeness (QED) is 0.411. The Morgan fingerprint density at radius 1 is 1.08 bits per heavy atom. The van der Waals surface area contributed by atoms with Crippen LogP contribution >= 0.6 is 15.9 Å². The molecule has 38 heavy (non-hydrogen) atoms. The number of hydrogen-bond acceptors (Lipinski definition) is 6. The van der Waals surface area contributed by atoms with Crippen molar-refractivity contribution >= 4 is 43.5 Å². The molecule has 0 heterocycles. The SMILES string of the molecule is COc1ccc(OC)c(N(CC(=O)N(Cc2cccc(Br)c2)C(C)C(=O)NC2CCCCC2)S(C)(=O)=O)c1. The van der Waals surface area contributed by atoms with Crippen molar-refractivity contribution in [2.75, 3.05) is 31.3 Å². The van der Waals surface area contributed by atoms with Crippen LogP contribution in [0.1, 0.15) is 44.6 Å². The van der Waals surface area contributed by atoms with Crippen LogP contribution in [0.15, 0.2) is 46.9 Å². The first kappa shape index (κ1) is 29.8. The van der Waals surface area contributed by atoms with E-state index in [0.29, 0.717) is 5.75 Å². The molecule has 9 nitrogen and oxygen atoms in total. The second-order valence-corrected chi connectivity index (χ2v) is 12.3. The number of nitrogens with one attached hydrogen (secondary N) is 1. The summed E-state index contributed by atoms with van der Waals surface area (Å²) in [6, 6.07) is 11.4. The van der Waals surface area contributed by atoms with Gasteiger partial charge in [-0.25, -0.2) is 8.42 Å². The van der Waals surface area contributed by atoms with Crippen LogP contribution in [0.4, 0.5) is 5.69 Å². The van der Waals surface area contributed by atoms with Gasteiger partial charge in [0.05, 0.1) is 26.2 Å². The maximum atomic E-state index is 13.8. The largest absolute Gasteiger partial charge is 0.497 e. The van der Waals surface area contributed by atoms with Crippen LogP contribution < -0.4 is 19.1 Å². The molecule has 0 bridgehead atoms. The first-order chi connectivity index (χ1) is 18.0. The van der Waals surface area contributed by atoms with Crippen LogP contribution in [0.25, 0.3) is 0 Å². The van der Waals surface area contributed by atoms with Crippen LogP contribution in [0.3, 0.4) is 0 Å². The molecule has 0 spiro atoms. The molecule has 0 aromatic heterocycles. The number of amides is 2. The van der Waals surface area contributed by atoms with Crippen LogP contribution in [-0.2, 0) is 26.2 Å². The number of benzene rings is 2. The van der Waals surface area contributed by atoms with Gasteiger partial charge in [-0.15, -0.1) is 0 Å². The van der Waals surface area contributed by atoms with Crippen molar-refractivity contribution in [2.45, 2.75) is 57.7 Å². The molecule has 0 saturated heterocycles. The Hall–Kier alpha value is -2.79. The second kappa shape index (κ2) is 13.3. The third-order valence-electron chi connectivity index (χ3n) is 6.69. The lowest BCUT2D eigenvalue weighted by Crippen LogP contribution is -2.53. The summed E-state index contributed by atoms with van der Waals surface area (Å²) in [6.07, 6.45) is 6.13. The molecule has 2 aromatic carbocycles. The number of sulfonamides is 1. The second-order valence-electron chi connectivity index (χ2n) is 9.48. The summed E-state index contributed by atoms with van der Waals surface area (Å²) in [4.78, 5) is 28.5. The first-order valence-corrected chi connectivity index (χ1v) is 15.2. The number of carbonyl (C=O) groups is 2. The summed E-state index contributed by atoms with van der Waals surface area (Å²) in [5.74, 6) is -0.101. The molecule has 2 aromatic rings. The Kier molecular flexibility index (Phi) is 10.4. The number of nitrogens with zero attached hydrogens (tertiary/aromatic N) is 2. The topological polar surface area (TPSA) is 105 Å². The van der Waals surface area contributed by atoms with E-state index in [4.69, 9.17) is 9.47 Å². The number of rotatable bonds is 11. The number of carbonyl (C=O) groups excluding carboxylic acids is 2. The Morgan fingerprint density at radius 2 is 1.79 bits per heavy atom. The molecule has 0 aliphatic heterocycles. The van der Waals surface area contributed by atoms with E-state index in [1.807, 2.05) is 24.3 Å². The maximum absolute atomic E-state index is 13.8. The smallest absolute Gasteiger partial charge is 0.244 e. The molecule has 1 N–H and O–H groups in total. The predicted molar refractivity (Wildman–Crippen MR) is 151 cm³/mol. The molecule has 3 rings (SSSR count). The molecule has 208 valence electrons. The summed E-state index contributed by atoms with van der Waals surface area (Å²) < 4.78 is 38.3. The highest BCUT2D eigenvalue weighted by Gasteiger charge is 2.32. The van der Waals surface area contributed by atoms with Crippen molar-refractivity contribution in [2.24, 2.45) is 0 Å². The third-order valence-corrected chi connectivity index (χ3v) is 8.31. The molecule has 1 saturated carbocycles. The highest BCUT2D eigenvalue weighted by Crippen LogP contribution is 2.34. The van der Waals surface area contributed by atoms with Gasteiger partial charge >= 0.3 is 0 Å². The fourth-order valence-corrected chi connectivity index (χ4v) is 5.86. The van der Waals surface area contributed by atoms with Crippen LogP contribution in [0, 0.1) is 0 Å². The van der Waals surface area contributed by atoms with Crippen LogP contribution in [0.5, 0.6) is 11.5 Å². The molecule has 1 fully saturated rings. The van der Waals surface area contributed by atoms with Gasteiger partial charge in [-0.05, 0) is 49.6 Å². The normalized spacial score (nSPS) is 14.9. The monoisotopic (exact) mass is 609 g/mol. The molecule has 11 heteroatoms. The van der Waals surface area contributed by atoms with Crippen molar-refractivity contribution in [3.05, 3.63) is 52.5 Å². The van der Waals surface area contributed by atoms with E-state index >= 15 is 0 Å². The molecule has 0 radical (unpaired) electrons. The van der Waals surface area contributed by atoms with Crippen molar-refractivity contribution in [1.29, 1.82) is 0 Å². The van der Waals surface area contributed by atoms with Gasteiger partial charge in [0.1, 0.15) is 24.1 Å². The average Bonchev–Trinajstić information content (AvgIpc) is 2.89. The van der Waals surface area contributed by atoms with Gasteiger partial charge in [-0.3, -0.25) is 13.9 Å². The lowest BCUT2D eigenvalue weighted by atomic mass is 9.95. The molecule has 1 aliphatic carbocycles. The number of ether oxygens (including phenoxy) is 2. The van der Waals surface area contributed by atoms with E-state index in [1.54, 1.807) is 19.1 Å². The minimum absolute atomic E-state index is 0.0788. The summed E-state index contributed by atoms with van der Waals surface area (Å²) in [6.45, 7) is 1.28. The molecule has 1 atom stereocenters. The lowest BCUT2D eigenvalue weighted by Gasteiger charge is -2.33. The highest BCUT2D eigenvalue weighted by atomic mass is 79.9. The maximum Gasteiger partial charge on any atom is 0.244 e. The van der Waals surface area contributed by atoms with Gasteiger partial charge in [0.15, 0.2) is 0 Å². The van der Waals surface area contributed by atoms with Gasteiger partial charge in [-0.2, -0.15) is 0 Å². The van der Waals surface area contributed by atoms with E-state index in [-0.39, 0.29) is 29.9 Å². The van der Waals surface area contributed by atoms with Gasteiger partial charge < -0.3 is 19.7 Å². The number of anilines is 1. The minimum atomic E-state index is -3.91. The average molecular weight is 611 g/mol. The Labute approximate surface area is 233 Å². The number of methoxy groups -OCH3 is 2. The van der Waals surface area contributed by atoms with Crippen LogP contribution in [-0.4, -0.2) is 64.2 Å². The zero-order valence-corrected chi connectivity index (χ0v) is 24.7. The van der Waals surface area contributed by atoms with E-state index in [0.717, 1.165) is 52.7 Å². The summed E-state index contributed by atoms with van der Waals surface area (Å²) >= 11 is 3.45. The van der Waals surface area contributed by atoms with Gasteiger partial charge in [-0.1, -0.05) is 47.3 Å². The van der Waals surface area contributed by atoms with E-state index in [1.165, 1.54) is 25.2 Å². The first-order valence-electron chi connectivity index (χ1n) is 12.6. The third kappa shape index (κ3) is 7.86. The lowest BCUT2D eigenvalue weighted by molar-refractivity contribution is -0.139. The van der Waals surface area contributed by atoms with E-state index in [2.05, 4.69) is 21.2 Å². The van der Waals surface area contributed by atoms with Gasteiger partial charge in [0.25, 0.3) is 0 Å². The molecule has 2 amide bonds. The summed E-state index contributed by atoms with van der Waals surface area (Å²) in [5.41, 5.74) is 0.972. The van der Waals surface area contributed by atoms with Gasteiger partial charge in [0.2, 0.25) is 21.8 Å². The fraction of sp³-hybridized carbons (Fsp3) is 0.481. The zero-order valence-electron chi connectivity index (χ0n) is 22.3. The fourth-order valence-electron chi connectivity index (χ4n) is 4.57. The van der Waals surface area contributed by atoms with Gasteiger partial charge in [0, 0.05) is 23.1 Å². The Morgan fingerprint density at radius 3 is 2.39 bits per heavy atom. The van der Waals surface area contributed by atoms with E-state index < -0.39 is 28.5 Å². The highest BCUT2D eigenvalue weighted by molar-refractivity contribution is 9.10. The summed E-state index contributed by atoms with van der Waals surface area (Å²) in [7, 11) is -1.02. The molecular weight excluding hydrogens is 574 g/mol.